The number of para-hydroxylation sites is 2. The number of methoxy groups -OCH3 is 1. The van der Waals surface area contributed by atoms with Gasteiger partial charge in [0.05, 0.1) is 25.0 Å². The molecule has 1 N–H and O–H groups in total. The van der Waals surface area contributed by atoms with Gasteiger partial charge in [0.1, 0.15) is 5.75 Å². The fraction of sp³-hybridized carbons (Fsp3) is 0.167. The highest BCUT2D eigenvalue weighted by molar-refractivity contribution is 9.10. The Morgan fingerprint density at radius 1 is 1.19 bits per heavy atom. The summed E-state index contributed by atoms with van der Waals surface area (Å²) in [6.07, 6.45) is 0.550. The van der Waals surface area contributed by atoms with Crippen LogP contribution in [0.1, 0.15) is 11.5 Å². The zero-order valence-corrected chi connectivity index (χ0v) is 16.3. The van der Waals surface area contributed by atoms with Crippen molar-refractivity contribution in [3.05, 3.63) is 64.5 Å². The van der Waals surface area contributed by atoms with Crippen molar-refractivity contribution in [2.45, 2.75) is 11.6 Å². The van der Waals surface area contributed by atoms with Gasteiger partial charge in [-0.25, -0.2) is 0 Å². The summed E-state index contributed by atoms with van der Waals surface area (Å²) in [5.41, 5.74) is 1.70. The van der Waals surface area contributed by atoms with E-state index in [-0.39, 0.29) is 11.7 Å². The summed E-state index contributed by atoms with van der Waals surface area (Å²) in [5.74, 6) is 1.12. The molecule has 0 aliphatic heterocycles. The first kappa shape index (κ1) is 18.5. The number of benzene rings is 2. The zero-order chi connectivity index (χ0) is 18.4. The standard InChI is InChI=1S/C18H16BrN3O3S/c1-24-15-5-3-2-4-14(15)20-16(23)11-26-18-22-21-17(25-18)10-12-6-8-13(19)9-7-12/h2-9H,10-11H2,1H3,(H,20,23). The van der Waals surface area contributed by atoms with Crippen molar-refractivity contribution in [3.63, 3.8) is 0 Å². The van der Waals surface area contributed by atoms with Gasteiger partial charge < -0.3 is 14.5 Å². The van der Waals surface area contributed by atoms with Crippen LogP contribution in [0.25, 0.3) is 0 Å². The van der Waals surface area contributed by atoms with E-state index >= 15 is 0 Å². The summed E-state index contributed by atoms with van der Waals surface area (Å²) in [4.78, 5) is 12.1. The van der Waals surface area contributed by atoms with Gasteiger partial charge in [-0.15, -0.1) is 10.2 Å². The molecular formula is C18H16BrN3O3S. The molecule has 26 heavy (non-hydrogen) atoms. The number of ether oxygens (including phenoxy) is 1. The smallest absolute Gasteiger partial charge is 0.277 e. The Balaban J connectivity index is 1.52. The summed E-state index contributed by atoms with van der Waals surface area (Å²) < 4.78 is 11.8. The van der Waals surface area contributed by atoms with Crippen molar-refractivity contribution in [3.8, 4) is 5.75 Å². The van der Waals surface area contributed by atoms with Gasteiger partial charge in [0.25, 0.3) is 5.22 Å². The minimum Gasteiger partial charge on any atom is -0.495 e. The molecule has 2 aromatic carbocycles. The predicted molar refractivity (Wildman–Crippen MR) is 104 cm³/mol. The van der Waals surface area contributed by atoms with Gasteiger partial charge in [-0.3, -0.25) is 4.79 Å². The molecule has 0 radical (unpaired) electrons. The minimum absolute atomic E-state index is 0.165. The molecule has 1 amide bonds. The number of hydrogen-bond acceptors (Lipinski definition) is 6. The summed E-state index contributed by atoms with van der Waals surface area (Å²) >= 11 is 4.60. The van der Waals surface area contributed by atoms with Crippen LogP contribution >= 0.6 is 27.7 Å². The SMILES string of the molecule is COc1ccccc1NC(=O)CSc1nnc(Cc2ccc(Br)cc2)o1. The van der Waals surface area contributed by atoms with Crippen molar-refractivity contribution in [2.75, 3.05) is 18.2 Å². The van der Waals surface area contributed by atoms with Gasteiger partial charge >= 0.3 is 0 Å². The van der Waals surface area contributed by atoms with Gasteiger partial charge in [-0.1, -0.05) is 52.0 Å². The minimum atomic E-state index is -0.174. The second-order valence-corrected chi connectivity index (χ2v) is 7.14. The summed E-state index contributed by atoms with van der Waals surface area (Å²) in [5, 5.41) is 11.2. The number of nitrogens with zero attached hydrogens (tertiary/aromatic N) is 2. The Morgan fingerprint density at radius 3 is 2.73 bits per heavy atom. The van der Waals surface area contributed by atoms with E-state index in [0.717, 1.165) is 10.0 Å². The third-order valence-corrected chi connectivity index (χ3v) is 4.77. The lowest BCUT2D eigenvalue weighted by atomic mass is 10.2. The number of aromatic nitrogens is 2. The van der Waals surface area contributed by atoms with E-state index in [0.29, 0.717) is 29.0 Å². The fourth-order valence-electron chi connectivity index (χ4n) is 2.21. The molecule has 0 atom stereocenters. The third-order valence-electron chi connectivity index (χ3n) is 3.42. The largest absolute Gasteiger partial charge is 0.495 e. The van der Waals surface area contributed by atoms with Gasteiger partial charge in [0.15, 0.2) is 0 Å². The normalized spacial score (nSPS) is 10.5. The Bertz CT molecular complexity index is 883. The van der Waals surface area contributed by atoms with Crippen molar-refractivity contribution in [1.29, 1.82) is 0 Å². The van der Waals surface area contributed by atoms with Gasteiger partial charge in [0, 0.05) is 4.47 Å². The first-order valence-electron chi connectivity index (χ1n) is 7.76. The van der Waals surface area contributed by atoms with E-state index in [4.69, 9.17) is 9.15 Å². The lowest BCUT2D eigenvalue weighted by molar-refractivity contribution is -0.113. The molecule has 134 valence electrons. The van der Waals surface area contributed by atoms with Crippen molar-refractivity contribution in [1.82, 2.24) is 10.2 Å². The number of nitrogens with one attached hydrogen (secondary N) is 1. The number of thioether (sulfide) groups is 1. The molecule has 6 nitrogen and oxygen atoms in total. The van der Waals surface area contributed by atoms with Crippen molar-refractivity contribution in [2.24, 2.45) is 0 Å². The Kier molecular flexibility index (Phi) is 6.30. The van der Waals surface area contributed by atoms with Crippen LogP contribution in [0, 0.1) is 0 Å². The average molecular weight is 434 g/mol. The third kappa shape index (κ3) is 5.09. The van der Waals surface area contributed by atoms with Crippen LogP contribution in [0.15, 0.2) is 62.6 Å². The monoisotopic (exact) mass is 433 g/mol. The van der Waals surface area contributed by atoms with Crippen LogP contribution in [0.5, 0.6) is 5.75 Å². The summed E-state index contributed by atoms with van der Waals surface area (Å²) in [7, 11) is 1.56. The molecule has 0 saturated heterocycles. The quantitative estimate of drug-likeness (QED) is 0.563. The van der Waals surface area contributed by atoms with E-state index in [1.807, 2.05) is 36.4 Å². The highest BCUT2D eigenvalue weighted by atomic mass is 79.9. The fourth-order valence-corrected chi connectivity index (χ4v) is 3.05. The average Bonchev–Trinajstić information content (AvgIpc) is 3.10. The molecule has 0 unspecified atom stereocenters. The van der Waals surface area contributed by atoms with E-state index in [9.17, 15) is 4.79 Å². The second kappa shape index (κ2) is 8.86. The zero-order valence-electron chi connectivity index (χ0n) is 13.9. The maximum Gasteiger partial charge on any atom is 0.277 e. The number of carbonyl (C=O) groups excluding carboxylic acids is 1. The molecule has 0 fully saturated rings. The van der Waals surface area contributed by atoms with E-state index < -0.39 is 0 Å². The molecule has 0 bridgehead atoms. The molecule has 1 aromatic heterocycles. The lowest BCUT2D eigenvalue weighted by Crippen LogP contribution is -2.14. The number of anilines is 1. The molecule has 8 heteroatoms. The van der Waals surface area contributed by atoms with E-state index in [2.05, 4.69) is 31.4 Å². The van der Waals surface area contributed by atoms with Crippen LogP contribution in [0.4, 0.5) is 5.69 Å². The van der Waals surface area contributed by atoms with Crippen LogP contribution in [-0.4, -0.2) is 29.0 Å². The Labute approximate surface area is 163 Å². The topological polar surface area (TPSA) is 77.2 Å². The number of halogens is 1. The molecule has 0 spiro atoms. The molecular weight excluding hydrogens is 418 g/mol. The van der Waals surface area contributed by atoms with Crippen LogP contribution < -0.4 is 10.1 Å². The van der Waals surface area contributed by atoms with E-state index in [1.165, 1.54) is 11.8 Å². The maximum atomic E-state index is 12.1. The molecule has 3 aromatic rings. The van der Waals surface area contributed by atoms with Crippen LogP contribution in [0.3, 0.4) is 0 Å². The summed E-state index contributed by atoms with van der Waals surface area (Å²) in [6, 6.07) is 15.1. The highest BCUT2D eigenvalue weighted by Crippen LogP contribution is 2.24. The number of rotatable bonds is 7. The van der Waals surface area contributed by atoms with Crippen molar-refractivity contribution >= 4 is 39.3 Å². The molecule has 1 heterocycles. The van der Waals surface area contributed by atoms with Crippen LogP contribution in [0.2, 0.25) is 0 Å². The van der Waals surface area contributed by atoms with E-state index in [1.54, 1.807) is 19.2 Å². The first-order valence-corrected chi connectivity index (χ1v) is 9.54. The molecule has 0 aliphatic carbocycles. The molecule has 0 aliphatic rings. The first-order chi connectivity index (χ1) is 12.6. The van der Waals surface area contributed by atoms with Gasteiger partial charge in [0.2, 0.25) is 11.8 Å². The Morgan fingerprint density at radius 2 is 1.96 bits per heavy atom. The predicted octanol–water partition coefficient (Wildman–Crippen LogP) is 4.16. The van der Waals surface area contributed by atoms with Crippen molar-refractivity contribution < 1.29 is 13.9 Å². The molecule has 3 rings (SSSR count). The molecule has 0 saturated carbocycles. The maximum absolute atomic E-state index is 12.1. The Hall–Kier alpha value is -2.32. The number of carbonyl (C=O) groups is 1. The summed E-state index contributed by atoms with van der Waals surface area (Å²) in [6.45, 7) is 0. The lowest BCUT2D eigenvalue weighted by Gasteiger charge is -2.08. The second-order valence-electron chi connectivity index (χ2n) is 5.30. The van der Waals surface area contributed by atoms with Crippen LogP contribution in [-0.2, 0) is 11.2 Å². The number of amides is 1. The van der Waals surface area contributed by atoms with Gasteiger partial charge in [-0.2, -0.15) is 0 Å². The van der Waals surface area contributed by atoms with Gasteiger partial charge in [-0.05, 0) is 29.8 Å². The number of hydrogen-bond donors (Lipinski definition) is 1. The highest BCUT2D eigenvalue weighted by Gasteiger charge is 2.12.